The van der Waals surface area contributed by atoms with E-state index >= 15 is 0 Å². The number of hydrogen-bond acceptors (Lipinski definition) is 10. The Hall–Kier alpha value is -4.15. The Balaban J connectivity index is 1.44. The van der Waals surface area contributed by atoms with Crippen LogP contribution in [0, 0.1) is 5.92 Å². The molecule has 0 bridgehead atoms. The van der Waals surface area contributed by atoms with Gasteiger partial charge in [-0.3, -0.25) is 0 Å². The molecule has 220 valence electrons. The number of carbonyl (C=O) groups is 2. The second kappa shape index (κ2) is 11.6. The first-order chi connectivity index (χ1) is 20.4. The molecule has 6 rings (SSSR count). The molecule has 0 saturated heterocycles. The van der Waals surface area contributed by atoms with Crippen molar-refractivity contribution in [2.45, 2.75) is 68.7 Å². The third kappa shape index (κ3) is 4.94. The highest BCUT2D eigenvalue weighted by Crippen LogP contribution is 2.54. The lowest BCUT2D eigenvalue weighted by atomic mass is 9.84. The molecule has 1 aliphatic heterocycles. The highest BCUT2D eigenvalue weighted by molar-refractivity contribution is 5.94. The molecular formula is C32H36N4O6. The molecule has 6 unspecified atom stereocenters. The van der Waals surface area contributed by atoms with Crippen molar-refractivity contribution in [3.05, 3.63) is 101 Å². The van der Waals surface area contributed by atoms with Gasteiger partial charge in [-0.2, -0.15) is 0 Å². The Morgan fingerprint density at radius 2 is 1.67 bits per heavy atom. The van der Waals surface area contributed by atoms with Crippen LogP contribution in [0.25, 0.3) is 0 Å². The van der Waals surface area contributed by atoms with Gasteiger partial charge in [0, 0.05) is 12.0 Å². The van der Waals surface area contributed by atoms with Crippen LogP contribution in [-0.4, -0.2) is 46.6 Å². The quantitative estimate of drug-likeness (QED) is 0.374. The first-order valence-electron chi connectivity index (χ1n) is 14.5. The lowest BCUT2D eigenvalue weighted by Gasteiger charge is -2.44. The molecule has 0 amide bonds. The molecule has 10 heteroatoms. The molecule has 42 heavy (non-hydrogen) atoms. The number of hydroxylamine groups is 2. The molecule has 2 aliphatic carbocycles. The molecule has 10 nitrogen and oxygen atoms in total. The molecule has 6 atom stereocenters. The normalized spacial score (nSPS) is 29.4. The minimum atomic E-state index is -1.68. The smallest absolute Gasteiger partial charge is 0.345 e. The van der Waals surface area contributed by atoms with Crippen LogP contribution in [0.3, 0.4) is 0 Å². The van der Waals surface area contributed by atoms with Crippen LogP contribution in [0.1, 0.15) is 72.3 Å². The maximum Gasteiger partial charge on any atom is 0.345 e. The molecule has 3 aromatic rings. The van der Waals surface area contributed by atoms with Gasteiger partial charge in [-0.1, -0.05) is 70.9 Å². The van der Waals surface area contributed by atoms with E-state index < -0.39 is 23.7 Å². The lowest BCUT2D eigenvalue weighted by molar-refractivity contribution is -0.271. The summed E-state index contributed by atoms with van der Waals surface area (Å²) in [6, 6.07) is 19.6. The molecule has 1 aromatic heterocycles. The van der Waals surface area contributed by atoms with Gasteiger partial charge in [-0.25, -0.2) is 9.59 Å². The number of nitrogens with zero attached hydrogens (tertiary/aromatic N) is 2. The van der Waals surface area contributed by atoms with Crippen molar-refractivity contribution < 1.29 is 28.4 Å². The fourth-order valence-corrected chi connectivity index (χ4v) is 7.02. The fourth-order valence-electron chi connectivity index (χ4n) is 7.02. The Morgan fingerprint density at radius 1 is 0.976 bits per heavy atom. The number of carbonyl (C=O) groups excluding carboxylic acids is 2. The summed E-state index contributed by atoms with van der Waals surface area (Å²) in [4.78, 5) is 33.6. The van der Waals surface area contributed by atoms with Gasteiger partial charge in [0.15, 0.2) is 5.57 Å². The summed E-state index contributed by atoms with van der Waals surface area (Å²) < 4.78 is 16.9. The van der Waals surface area contributed by atoms with Crippen LogP contribution in [0.2, 0.25) is 0 Å². The highest BCUT2D eigenvalue weighted by Gasteiger charge is 2.65. The number of hydrogen-bond donors (Lipinski definition) is 2. The molecule has 2 heterocycles. The van der Waals surface area contributed by atoms with Gasteiger partial charge >= 0.3 is 11.9 Å². The minimum Gasteiger partial charge on any atom is -0.462 e. The fraction of sp³-hybridized carbons (Fsp3) is 0.406. The second-order valence-corrected chi connectivity index (χ2v) is 11.3. The third-order valence-corrected chi connectivity index (χ3v) is 8.93. The Morgan fingerprint density at radius 3 is 2.31 bits per heavy atom. The summed E-state index contributed by atoms with van der Waals surface area (Å²) >= 11 is 0. The Kier molecular flexibility index (Phi) is 7.74. The van der Waals surface area contributed by atoms with E-state index in [1.54, 1.807) is 12.0 Å². The first kappa shape index (κ1) is 28.0. The summed E-state index contributed by atoms with van der Waals surface area (Å²) in [5, 5.41) is 5.27. The SMILES string of the molecule is CCOC(=O)C1=C(N)ON(C2CC(c3ccccc3)CC2N)C1(OC(=O)c1cnoc1)C1CCC(c2ccccc2)C1. The number of aromatic nitrogens is 1. The van der Waals surface area contributed by atoms with Crippen LogP contribution >= 0.6 is 0 Å². The average Bonchev–Trinajstić information content (AvgIpc) is 3.81. The molecule has 2 aromatic carbocycles. The standard InChI is InChI=1S/C32H36N4O6/c1-2-39-31(38)28-29(34)42-36(27-17-23(16-26(27)33)21-11-7-4-8-12-21)32(28,41-30(37)24-18-35-40-19-24)25-14-13-22(15-25)20-9-5-3-6-10-20/h3-12,18-19,22-23,25-27H,2,13-17,33-34H2,1H3. The number of nitrogens with two attached hydrogens (primary N) is 2. The summed E-state index contributed by atoms with van der Waals surface area (Å²) in [5.74, 6) is -1.57. The summed E-state index contributed by atoms with van der Waals surface area (Å²) in [5.41, 5.74) is 14.1. The molecular weight excluding hydrogens is 536 g/mol. The number of esters is 2. The van der Waals surface area contributed by atoms with Crippen molar-refractivity contribution in [1.82, 2.24) is 10.2 Å². The van der Waals surface area contributed by atoms with Crippen LogP contribution < -0.4 is 11.5 Å². The third-order valence-electron chi connectivity index (χ3n) is 8.93. The van der Waals surface area contributed by atoms with Gasteiger partial charge in [0.1, 0.15) is 11.8 Å². The van der Waals surface area contributed by atoms with E-state index in [1.807, 2.05) is 36.4 Å². The van der Waals surface area contributed by atoms with Crippen molar-refractivity contribution >= 4 is 11.9 Å². The van der Waals surface area contributed by atoms with Gasteiger partial charge < -0.3 is 30.3 Å². The van der Waals surface area contributed by atoms with E-state index in [0.717, 1.165) is 6.42 Å². The molecule has 0 radical (unpaired) electrons. The zero-order valence-corrected chi connectivity index (χ0v) is 23.6. The van der Waals surface area contributed by atoms with E-state index in [0.29, 0.717) is 25.7 Å². The van der Waals surface area contributed by atoms with Crippen molar-refractivity contribution in [3.8, 4) is 0 Å². The largest absolute Gasteiger partial charge is 0.462 e. The van der Waals surface area contributed by atoms with Crippen molar-refractivity contribution in [2.75, 3.05) is 6.61 Å². The first-order valence-corrected chi connectivity index (χ1v) is 14.5. The molecule has 4 N–H and O–H groups in total. The number of benzene rings is 2. The van der Waals surface area contributed by atoms with Gasteiger partial charge in [0.05, 0.1) is 18.8 Å². The van der Waals surface area contributed by atoms with Crippen LogP contribution in [0.5, 0.6) is 0 Å². The van der Waals surface area contributed by atoms with Crippen LogP contribution in [-0.2, 0) is 19.1 Å². The van der Waals surface area contributed by atoms with E-state index in [-0.39, 0.29) is 47.4 Å². The molecule has 3 aliphatic rings. The maximum absolute atomic E-state index is 13.7. The molecule has 0 spiro atoms. The Labute approximate surface area is 244 Å². The van der Waals surface area contributed by atoms with Crippen molar-refractivity contribution in [1.29, 1.82) is 0 Å². The zero-order valence-electron chi connectivity index (χ0n) is 23.6. The van der Waals surface area contributed by atoms with E-state index in [9.17, 15) is 9.59 Å². The van der Waals surface area contributed by atoms with E-state index in [2.05, 4.69) is 29.4 Å². The second-order valence-electron chi connectivity index (χ2n) is 11.3. The minimum absolute atomic E-state index is 0.0109. The Bertz CT molecular complexity index is 1430. The highest BCUT2D eigenvalue weighted by atomic mass is 16.7. The summed E-state index contributed by atoms with van der Waals surface area (Å²) in [6.07, 6.45) is 5.90. The summed E-state index contributed by atoms with van der Waals surface area (Å²) in [7, 11) is 0. The number of rotatable bonds is 8. The van der Waals surface area contributed by atoms with Crippen LogP contribution in [0.4, 0.5) is 0 Å². The van der Waals surface area contributed by atoms with Gasteiger partial charge in [0.2, 0.25) is 11.6 Å². The average molecular weight is 573 g/mol. The summed E-state index contributed by atoms with van der Waals surface area (Å²) in [6.45, 7) is 1.83. The predicted molar refractivity (Wildman–Crippen MR) is 152 cm³/mol. The van der Waals surface area contributed by atoms with Gasteiger partial charge in [-0.15, -0.1) is 0 Å². The topological polar surface area (TPSA) is 143 Å². The molecule has 2 fully saturated rings. The van der Waals surface area contributed by atoms with Gasteiger partial charge in [-0.05, 0) is 62.0 Å². The monoisotopic (exact) mass is 572 g/mol. The lowest BCUT2D eigenvalue weighted by Crippen LogP contribution is -2.61. The van der Waals surface area contributed by atoms with Crippen LogP contribution in [0.15, 0.2) is 89.1 Å². The van der Waals surface area contributed by atoms with E-state index in [1.165, 1.54) is 23.6 Å². The molecule has 2 saturated carbocycles. The predicted octanol–water partition coefficient (Wildman–Crippen LogP) is 4.37. The van der Waals surface area contributed by atoms with Gasteiger partial charge in [0.25, 0.3) is 0 Å². The zero-order chi connectivity index (χ0) is 29.3. The number of ether oxygens (including phenoxy) is 2. The maximum atomic E-state index is 13.7. The van der Waals surface area contributed by atoms with E-state index in [4.69, 9.17) is 30.3 Å². The van der Waals surface area contributed by atoms with Crippen molar-refractivity contribution in [2.24, 2.45) is 17.4 Å². The van der Waals surface area contributed by atoms with Crippen molar-refractivity contribution in [3.63, 3.8) is 0 Å².